The van der Waals surface area contributed by atoms with Gasteiger partial charge in [0.1, 0.15) is 5.82 Å². The summed E-state index contributed by atoms with van der Waals surface area (Å²) in [6, 6.07) is 8.56. The number of aryl methyl sites for hydroxylation is 1. The molecule has 0 unspecified atom stereocenters. The Morgan fingerprint density at radius 3 is 2.88 bits per heavy atom. The van der Waals surface area contributed by atoms with Gasteiger partial charge in [-0.25, -0.2) is 4.39 Å². The first-order valence-corrected chi connectivity index (χ1v) is 6.11. The number of hydrogen-bond acceptors (Lipinski definition) is 2. The second-order valence-electron chi connectivity index (χ2n) is 3.74. The Balaban J connectivity index is 1.98. The van der Waals surface area contributed by atoms with Crippen LogP contribution in [0.5, 0.6) is 0 Å². The van der Waals surface area contributed by atoms with E-state index in [2.05, 4.69) is 5.32 Å². The maximum atomic E-state index is 13.3. The monoisotopic (exact) mass is 249 g/mol. The van der Waals surface area contributed by atoms with E-state index in [4.69, 9.17) is 0 Å². The molecule has 0 aliphatic carbocycles. The van der Waals surface area contributed by atoms with Crippen LogP contribution in [0.4, 0.5) is 4.39 Å². The molecular formula is C13H12FNOS. The summed E-state index contributed by atoms with van der Waals surface area (Å²) in [7, 11) is 0. The van der Waals surface area contributed by atoms with Crippen molar-refractivity contribution in [3.8, 4) is 0 Å². The molecule has 2 rings (SSSR count). The number of rotatable bonds is 3. The van der Waals surface area contributed by atoms with Crippen LogP contribution in [0, 0.1) is 12.7 Å². The van der Waals surface area contributed by atoms with Gasteiger partial charge < -0.3 is 5.32 Å². The minimum atomic E-state index is -0.243. The third-order valence-corrected chi connectivity index (χ3v) is 3.30. The van der Waals surface area contributed by atoms with Crippen molar-refractivity contribution in [2.24, 2.45) is 0 Å². The molecule has 4 heteroatoms. The maximum Gasteiger partial charge on any atom is 0.261 e. The van der Waals surface area contributed by atoms with E-state index in [1.165, 1.54) is 17.4 Å². The van der Waals surface area contributed by atoms with Crippen LogP contribution in [-0.4, -0.2) is 5.91 Å². The minimum absolute atomic E-state index is 0.124. The zero-order valence-corrected chi connectivity index (χ0v) is 10.2. The first-order valence-electron chi connectivity index (χ1n) is 5.23. The normalized spacial score (nSPS) is 10.2. The van der Waals surface area contributed by atoms with Crippen molar-refractivity contribution in [1.82, 2.24) is 5.32 Å². The molecule has 0 atom stereocenters. The number of carbonyl (C=O) groups excluding carboxylic acids is 1. The fourth-order valence-corrected chi connectivity index (χ4v) is 2.06. The van der Waals surface area contributed by atoms with Gasteiger partial charge in [-0.05, 0) is 35.6 Å². The van der Waals surface area contributed by atoms with E-state index in [0.717, 1.165) is 5.56 Å². The van der Waals surface area contributed by atoms with Crippen molar-refractivity contribution in [2.45, 2.75) is 13.5 Å². The lowest BCUT2D eigenvalue weighted by molar-refractivity contribution is 0.0955. The lowest BCUT2D eigenvalue weighted by atomic mass is 10.1. The highest BCUT2D eigenvalue weighted by molar-refractivity contribution is 7.12. The summed E-state index contributed by atoms with van der Waals surface area (Å²) in [5.41, 5.74) is 1.37. The Morgan fingerprint density at radius 1 is 1.41 bits per heavy atom. The highest BCUT2D eigenvalue weighted by Crippen LogP contribution is 2.11. The van der Waals surface area contributed by atoms with E-state index in [-0.39, 0.29) is 11.7 Å². The molecule has 17 heavy (non-hydrogen) atoms. The van der Waals surface area contributed by atoms with Gasteiger partial charge in [0.15, 0.2) is 0 Å². The summed E-state index contributed by atoms with van der Waals surface area (Å²) in [4.78, 5) is 12.3. The number of benzene rings is 1. The molecule has 1 amide bonds. The largest absolute Gasteiger partial charge is 0.347 e. The number of nitrogens with one attached hydrogen (secondary N) is 1. The quantitative estimate of drug-likeness (QED) is 0.889. The average Bonchev–Trinajstić information content (AvgIpc) is 2.84. The van der Waals surface area contributed by atoms with Crippen molar-refractivity contribution in [3.63, 3.8) is 0 Å². The highest BCUT2D eigenvalue weighted by atomic mass is 32.1. The molecule has 0 spiro atoms. The van der Waals surface area contributed by atoms with E-state index in [1.54, 1.807) is 19.1 Å². The summed E-state index contributed by atoms with van der Waals surface area (Å²) in [5, 5.41) is 4.60. The summed E-state index contributed by atoms with van der Waals surface area (Å²) < 4.78 is 13.3. The molecule has 88 valence electrons. The number of halogens is 1. The topological polar surface area (TPSA) is 29.1 Å². The van der Waals surface area contributed by atoms with Gasteiger partial charge in [0, 0.05) is 6.54 Å². The van der Waals surface area contributed by atoms with E-state index in [1.807, 2.05) is 17.5 Å². The molecule has 1 aromatic heterocycles. The first kappa shape index (κ1) is 11.8. The van der Waals surface area contributed by atoms with Crippen molar-refractivity contribution < 1.29 is 9.18 Å². The van der Waals surface area contributed by atoms with Crippen molar-refractivity contribution >= 4 is 17.2 Å². The van der Waals surface area contributed by atoms with Crippen LogP contribution < -0.4 is 5.32 Å². The molecule has 1 heterocycles. The van der Waals surface area contributed by atoms with E-state index in [0.29, 0.717) is 17.0 Å². The molecule has 0 fully saturated rings. The summed E-state index contributed by atoms with van der Waals surface area (Å²) >= 11 is 1.39. The molecule has 0 aliphatic rings. The number of hydrogen-bond donors (Lipinski definition) is 1. The van der Waals surface area contributed by atoms with Gasteiger partial charge in [-0.2, -0.15) is 0 Å². The lowest BCUT2D eigenvalue weighted by Gasteiger charge is -2.05. The molecule has 0 radical (unpaired) electrons. The highest BCUT2D eigenvalue weighted by Gasteiger charge is 2.06. The fraction of sp³-hybridized carbons (Fsp3) is 0.154. The van der Waals surface area contributed by atoms with E-state index < -0.39 is 0 Å². The van der Waals surface area contributed by atoms with Gasteiger partial charge in [0.25, 0.3) is 5.91 Å². The van der Waals surface area contributed by atoms with E-state index in [9.17, 15) is 9.18 Å². The van der Waals surface area contributed by atoms with Gasteiger partial charge in [0.05, 0.1) is 4.88 Å². The van der Waals surface area contributed by atoms with Gasteiger partial charge in [-0.3, -0.25) is 4.79 Å². The standard InChI is InChI=1S/C13H12FNOS/c1-9-4-5-10(7-11(9)14)8-15-13(16)12-3-2-6-17-12/h2-7H,8H2,1H3,(H,15,16). The molecule has 0 bridgehead atoms. The Morgan fingerprint density at radius 2 is 2.24 bits per heavy atom. The second kappa shape index (κ2) is 5.10. The fourth-order valence-electron chi connectivity index (χ4n) is 1.42. The van der Waals surface area contributed by atoms with Crippen LogP contribution in [-0.2, 0) is 6.54 Å². The third-order valence-electron chi connectivity index (χ3n) is 2.43. The van der Waals surface area contributed by atoms with Crippen LogP contribution in [0.2, 0.25) is 0 Å². The van der Waals surface area contributed by atoms with Crippen molar-refractivity contribution in [2.75, 3.05) is 0 Å². The molecule has 0 saturated carbocycles. The Labute approximate surface area is 103 Å². The van der Waals surface area contributed by atoms with E-state index >= 15 is 0 Å². The maximum absolute atomic E-state index is 13.3. The molecule has 1 aromatic carbocycles. The van der Waals surface area contributed by atoms with Crippen LogP contribution in [0.25, 0.3) is 0 Å². The molecule has 0 aliphatic heterocycles. The van der Waals surface area contributed by atoms with Gasteiger partial charge in [0.2, 0.25) is 0 Å². The van der Waals surface area contributed by atoms with Crippen molar-refractivity contribution in [3.05, 3.63) is 57.5 Å². The lowest BCUT2D eigenvalue weighted by Crippen LogP contribution is -2.21. The zero-order chi connectivity index (χ0) is 12.3. The molecular weight excluding hydrogens is 237 g/mol. The SMILES string of the molecule is Cc1ccc(CNC(=O)c2cccs2)cc1F. The number of amides is 1. The molecule has 1 N–H and O–H groups in total. The number of carbonyl (C=O) groups is 1. The summed E-state index contributed by atoms with van der Waals surface area (Å²) in [5.74, 6) is -0.367. The molecule has 0 saturated heterocycles. The Hall–Kier alpha value is -1.68. The zero-order valence-electron chi connectivity index (χ0n) is 9.37. The second-order valence-corrected chi connectivity index (χ2v) is 4.69. The first-order chi connectivity index (χ1) is 8.16. The smallest absolute Gasteiger partial charge is 0.261 e. The summed E-state index contributed by atoms with van der Waals surface area (Å²) in [6.45, 7) is 2.05. The van der Waals surface area contributed by atoms with Gasteiger partial charge in [-0.1, -0.05) is 18.2 Å². The van der Waals surface area contributed by atoms with Gasteiger partial charge >= 0.3 is 0 Å². The Bertz CT molecular complexity index is 522. The molecule has 2 aromatic rings. The van der Waals surface area contributed by atoms with Crippen molar-refractivity contribution in [1.29, 1.82) is 0 Å². The predicted octanol–water partition coefficient (Wildman–Crippen LogP) is 3.13. The predicted molar refractivity (Wildman–Crippen MR) is 66.6 cm³/mol. The van der Waals surface area contributed by atoms with Gasteiger partial charge in [-0.15, -0.1) is 11.3 Å². The minimum Gasteiger partial charge on any atom is -0.347 e. The van der Waals surface area contributed by atoms with Crippen LogP contribution >= 0.6 is 11.3 Å². The van der Waals surface area contributed by atoms with Crippen LogP contribution in [0.15, 0.2) is 35.7 Å². The summed E-state index contributed by atoms with van der Waals surface area (Å²) in [6.07, 6.45) is 0. The van der Waals surface area contributed by atoms with Crippen LogP contribution in [0.1, 0.15) is 20.8 Å². The Kier molecular flexibility index (Phi) is 3.54. The third kappa shape index (κ3) is 2.91. The molecule has 2 nitrogen and oxygen atoms in total. The van der Waals surface area contributed by atoms with Crippen LogP contribution in [0.3, 0.4) is 0 Å². The number of thiophene rings is 1. The average molecular weight is 249 g/mol.